The third-order valence-electron chi connectivity index (χ3n) is 2.18. The minimum absolute atomic E-state index is 0.0789. The summed E-state index contributed by atoms with van der Waals surface area (Å²) in [6, 6.07) is 0. The van der Waals surface area contributed by atoms with Crippen LogP contribution < -0.4 is 5.32 Å². The van der Waals surface area contributed by atoms with Crippen LogP contribution in [-0.2, 0) is 4.79 Å². The molecule has 1 amide bonds. The van der Waals surface area contributed by atoms with E-state index in [1.54, 1.807) is 0 Å². The summed E-state index contributed by atoms with van der Waals surface area (Å²) in [7, 11) is 0. The standard InChI is InChI=1S/C8H13F2NO/c9-5-6-11-7(12)8(10)3-1-2-4-8/h1-6H2,(H,11,12). The molecule has 12 heavy (non-hydrogen) atoms. The minimum Gasteiger partial charge on any atom is -0.351 e. The second kappa shape index (κ2) is 3.83. The summed E-state index contributed by atoms with van der Waals surface area (Å²) in [5.74, 6) is -0.641. The Hall–Kier alpha value is -0.670. The van der Waals surface area contributed by atoms with Gasteiger partial charge < -0.3 is 5.32 Å². The van der Waals surface area contributed by atoms with Gasteiger partial charge in [0.2, 0.25) is 0 Å². The van der Waals surface area contributed by atoms with Gasteiger partial charge in [-0.1, -0.05) is 0 Å². The lowest BCUT2D eigenvalue weighted by atomic mass is 10.0. The van der Waals surface area contributed by atoms with Crippen LogP contribution in [0.25, 0.3) is 0 Å². The van der Waals surface area contributed by atoms with E-state index in [0.29, 0.717) is 0 Å². The molecule has 0 bridgehead atoms. The lowest BCUT2D eigenvalue weighted by Gasteiger charge is -2.17. The minimum atomic E-state index is -1.71. The van der Waals surface area contributed by atoms with Gasteiger partial charge in [0.25, 0.3) is 5.91 Å². The van der Waals surface area contributed by atoms with Crippen LogP contribution in [0.1, 0.15) is 25.7 Å². The molecular formula is C8H13F2NO. The van der Waals surface area contributed by atoms with E-state index in [1.807, 2.05) is 0 Å². The number of alkyl halides is 2. The van der Waals surface area contributed by atoms with Crippen LogP contribution in [0.15, 0.2) is 0 Å². The van der Waals surface area contributed by atoms with Crippen molar-refractivity contribution >= 4 is 5.91 Å². The molecule has 70 valence electrons. The Bertz CT molecular complexity index is 166. The predicted octanol–water partition coefficient (Wildman–Crippen LogP) is 1.35. The van der Waals surface area contributed by atoms with Crippen LogP contribution in [0.4, 0.5) is 8.78 Å². The Morgan fingerprint density at radius 3 is 2.50 bits per heavy atom. The number of amides is 1. The molecule has 0 aromatic rings. The third kappa shape index (κ3) is 1.93. The van der Waals surface area contributed by atoms with Gasteiger partial charge in [0, 0.05) is 6.54 Å². The van der Waals surface area contributed by atoms with Gasteiger partial charge in [-0.05, 0) is 25.7 Å². The molecule has 1 aliphatic rings. The molecule has 0 aliphatic heterocycles. The molecule has 0 radical (unpaired) electrons. The van der Waals surface area contributed by atoms with E-state index in [1.165, 1.54) is 0 Å². The summed E-state index contributed by atoms with van der Waals surface area (Å²) in [5, 5.41) is 2.23. The molecule has 0 atom stereocenters. The highest BCUT2D eigenvalue weighted by Crippen LogP contribution is 2.33. The van der Waals surface area contributed by atoms with Gasteiger partial charge in [-0.15, -0.1) is 0 Å². The van der Waals surface area contributed by atoms with Crippen LogP contribution in [0.2, 0.25) is 0 Å². The van der Waals surface area contributed by atoms with Crippen molar-refractivity contribution in [2.45, 2.75) is 31.4 Å². The summed E-state index contributed by atoms with van der Waals surface area (Å²) < 4.78 is 25.1. The van der Waals surface area contributed by atoms with E-state index in [9.17, 15) is 13.6 Å². The summed E-state index contributed by atoms with van der Waals surface area (Å²) in [4.78, 5) is 11.1. The SMILES string of the molecule is O=C(NCCF)C1(F)CCCC1. The van der Waals surface area contributed by atoms with Gasteiger partial charge in [-0.2, -0.15) is 0 Å². The van der Waals surface area contributed by atoms with Crippen molar-refractivity contribution in [3.05, 3.63) is 0 Å². The van der Waals surface area contributed by atoms with Crippen LogP contribution >= 0.6 is 0 Å². The van der Waals surface area contributed by atoms with Gasteiger partial charge in [0.1, 0.15) is 6.67 Å². The molecule has 0 saturated heterocycles. The van der Waals surface area contributed by atoms with E-state index in [-0.39, 0.29) is 19.4 Å². The van der Waals surface area contributed by atoms with Crippen molar-refractivity contribution in [2.24, 2.45) is 0 Å². The van der Waals surface area contributed by atoms with Crippen molar-refractivity contribution in [2.75, 3.05) is 13.2 Å². The molecular weight excluding hydrogens is 164 g/mol. The fourth-order valence-electron chi connectivity index (χ4n) is 1.48. The Morgan fingerprint density at radius 2 is 2.00 bits per heavy atom. The van der Waals surface area contributed by atoms with Crippen molar-refractivity contribution in [3.8, 4) is 0 Å². The van der Waals surface area contributed by atoms with Crippen LogP contribution in [0, 0.1) is 0 Å². The summed E-state index contributed by atoms with van der Waals surface area (Å²) in [5.41, 5.74) is -1.71. The molecule has 1 rings (SSSR count). The molecule has 2 nitrogen and oxygen atoms in total. The van der Waals surface area contributed by atoms with Crippen molar-refractivity contribution in [1.29, 1.82) is 0 Å². The Morgan fingerprint density at radius 1 is 1.42 bits per heavy atom. The molecule has 0 unspecified atom stereocenters. The zero-order valence-corrected chi connectivity index (χ0v) is 6.91. The van der Waals surface area contributed by atoms with Crippen LogP contribution in [-0.4, -0.2) is 24.8 Å². The smallest absolute Gasteiger partial charge is 0.257 e. The first-order chi connectivity index (χ1) is 5.69. The number of hydrogen-bond donors (Lipinski definition) is 1. The zero-order valence-electron chi connectivity index (χ0n) is 6.91. The number of carbonyl (C=O) groups excluding carboxylic acids is 1. The Kier molecular flexibility index (Phi) is 3.00. The number of nitrogens with one attached hydrogen (secondary N) is 1. The molecule has 0 heterocycles. The van der Waals surface area contributed by atoms with E-state index in [4.69, 9.17) is 0 Å². The topological polar surface area (TPSA) is 29.1 Å². The third-order valence-corrected chi connectivity index (χ3v) is 2.18. The van der Waals surface area contributed by atoms with Crippen LogP contribution in [0.5, 0.6) is 0 Å². The lowest BCUT2D eigenvalue weighted by molar-refractivity contribution is -0.132. The van der Waals surface area contributed by atoms with Gasteiger partial charge in [0.05, 0.1) is 0 Å². The molecule has 1 aliphatic carbocycles. The zero-order chi connectivity index (χ0) is 9.03. The second-order valence-corrected chi connectivity index (χ2v) is 3.12. The van der Waals surface area contributed by atoms with E-state index in [2.05, 4.69) is 5.32 Å². The fourth-order valence-corrected chi connectivity index (χ4v) is 1.48. The maximum atomic E-state index is 13.5. The Labute approximate surface area is 70.3 Å². The number of rotatable bonds is 3. The van der Waals surface area contributed by atoms with E-state index in [0.717, 1.165) is 12.8 Å². The van der Waals surface area contributed by atoms with Gasteiger partial charge >= 0.3 is 0 Å². The monoisotopic (exact) mass is 177 g/mol. The van der Waals surface area contributed by atoms with Crippen molar-refractivity contribution < 1.29 is 13.6 Å². The maximum absolute atomic E-state index is 13.5. The Balaban J connectivity index is 2.39. The van der Waals surface area contributed by atoms with E-state index < -0.39 is 18.3 Å². The molecule has 1 fully saturated rings. The van der Waals surface area contributed by atoms with E-state index >= 15 is 0 Å². The van der Waals surface area contributed by atoms with Gasteiger partial charge in [0.15, 0.2) is 5.67 Å². The first kappa shape index (κ1) is 9.42. The average Bonchev–Trinajstić information content (AvgIpc) is 2.49. The molecule has 1 saturated carbocycles. The molecule has 0 spiro atoms. The van der Waals surface area contributed by atoms with Crippen LogP contribution in [0.3, 0.4) is 0 Å². The molecule has 0 aromatic carbocycles. The molecule has 0 aromatic heterocycles. The van der Waals surface area contributed by atoms with Gasteiger partial charge in [-0.25, -0.2) is 8.78 Å². The lowest BCUT2D eigenvalue weighted by Crippen LogP contribution is -2.42. The highest BCUT2D eigenvalue weighted by molar-refractivity contribution is 5.85. The fraction of sp³-hybridized carbons (Fsp3) is 0.875. The summed E-state index contributed by atoms with van der Waals surface area (Å²) in [6.45, 7) is -0.716. The summed E-state index contributed by atoms with van der Waals surface area (Å²) in [6.07, 6.45) is 2.06. The van der Waals surface area contributed by atoms with Gasteiger partial charge in [-0.3, -0.25) is 4.79 Å². The number of hydrogen-bond acceptors (Lipinski definition) is 1. The maximum Gasteiger partial charge on any atom is 0.257 e. The highest BCUT2D eigenvalue weighted by Gasteiger charge is 2.40. The summed E-state index contributed by atoms with van der Waals surface area (Å²) >= 11 is 0. The largest absolute Gasteiger partial charge is 0.351 e. The predicted molar refractivity (Wildman–Crippen MR) is 41.3 cm³/mol. The first-order valence-corrected chi connectivity index (χ1v) is 4.22. The van der Waals surface area contributed by atoms with Crippen molar-refractivity contribution in [3.63, 3.8) is 0 Å². The molecule has 1 N–H and O–H groups in total. The second-order valence-electron chi connectivity index (χ2n) is 3.12. The number of carbonyl (C=O) groups is 1. The highest BCUT2D eigenvalue weighted by atomic mass is 19.1. The number of halogens is 2. The quantitative estimate of drug-likeness (QED) is 0.692. The first-order valence-electron chi connectivity index (χ1n) is 4.22. The molecule has 4 heteroatoms. The van der Waals surface area contributed by atoms with Crippen molar-refractivity contribution in [1.82, 2.24) is 5.32 Å². The average molecular weight is 177 g/mol. The normalized spacial score (nSPS) is 20.8.